The molecule has 0 saturated heterocycles. The lowest BCUT2D eigenvalue weighted by Crippen LogP contribution is -2.34. The lowest BCUT2D eigenvalue weighted by Gasteiger charge is -2.26. The molecule has 178 valence electrons. The number of methoxy groups -OCH3 is 1. The number of hydrogen-bond donors (Lipinski definition) is 1. The number of rotatable bonds is 8. The zero-order valence-electron chi connectivity index (χ0n) is 19.2. The highest BCUT2D eigenvalue weighted by Crippen LogP contribution is 2.35. The first-order chi connectivity index (χ1) is 17.1. The average molecular weight is 474 g/mol. The van der Waals surface area contributed by atoms with Crippen LogP contribution in [0.25, 0.3) is 10.9 Å². The SMILES string of the molecule is C#Cc1cc(Nc2ncnc3cc(OC)c(OCCCN4CCn5cnnc5C4)cc23)ccc1F. The van der Waals surface area contributed by atoms with Gasteiger partial charge >= 0.3 is 0 Å². The molecule has 0 atom stereocenters. The van der Waals surface area contributed by atoms with Crippen molar-refractivity contribution in [1.29, 1.82) is 0 Å². The van der Waals surface area contributed by atoms with E-state index in [2.05, 4.69) is 40.9 Å². The van der Waals surface area contributed by atoms with Gasteiger partial charge in [0, 0.05) is 36.8 Å². The number of terminal acetylenes is 1. The summed E-state index contributed by atoms with van der Waals surface area (Å²) in [5.74, 6) is 4.62. The lowest BCUT2D eigenvalue weighted by molar-refractivity contribution is 0.194. The summed E-state index contributed by atoms with van der Waals surface area (Å²) >= 11 is 0. The van der Waals surface area contributed by atoms with Crippen molar-refractivity contribution >= 4 is 22.4 Å². The Labute approximate surface area is 201 Å². The maximum atomic E-state index is 13.8. The van der Waals surface area contributed by atoms with Crippen LogP contribution in [0.3, 0.4) is 0 Å². The van der Waals surface area contributed by atoms with Gasteiger partial charge in [0.1, 0.15) is 30.1 Å². The van der Waals surface area contributed by atoms with Gasteiger partial charge in [-0.3, -0.25) is 4.90 Å². The summed E-state index contributed by atoms with van der Waals surface area (Å²) in [7, 11) is 1.60. The number of hydrogen-bond acceptors (Lipinski definition) is 8. The molecule has 3 heterocycles. The molecule has 0 spiro atoms. The molecular weight excluding hydrogens is 449 g/mol. The fourth-order valence-electron chi connectivity index (χ4n) is 4.06. The molecule has 4 aromatic rings. The number of nitrogens with one attached hydrogen (secondary N) is 1. The number of fused-ring (bicyclic) bond motifs is 2. The molecule has 0 saturated carbocycles. The van der Waals surface area contributed by atoms with E-state index in [1.807, 2.05) is 12.1 Å². The summed E-state index contributed by atoms with van der Waals surface area (Å²) in [6.07, 6.45) is 9.47. The van der Waals surface area contributed by atoms with Gasteiger partial charge in [0.25, 0.3) is 0 Å². The Morgan fingerprint density at radius 1 is 1.17 bits per heavy atom. The number of ether oxygens (including phenoxy) is 2. The first-order valence-corrected chi connectivity index (χ1v) is 11.2. The van der Waals surface area contributed by atoms with Gasteiger partial charge in [0.05, 0.1) is 31.3 Å². The molecule has 1 N–H and O–H groups in total. The van der Waals surface area contributed by atoms with Crippen molar-refractivity contribution < 1.29 is 13.9 Å². The zero-order valence-corrected chi connectivity index (χ0v) is 19.2. The molecule has 0 bridgehead atoms. The lowest BCUT2D eigenvalue weighted by atomic mass is 10.1. The van der Waals surface area contributed by atoms with E-state index in [-0.39, 0.29) is 5.56 Å². The van der Waals surface area contributed by atoms with E-state index in [4.69, 9.17) is 15.9 Å². The molecule has 0 radical (unpaired) electrons. The first kappa shape index (κ1) is 22.6. The Kier molecular flexibility index (Phi) is 6.41. The number of halogens is 1. The molecule has 1 aliphatic rings. The molecule has 35 heavy (non-hydrogen) atoms. The summed E-state index contributed by atoms with van der Waals surface area (Å²) in [6, 6.07) is 8.16. The molecule has 0 aliphatic carbocycles. The van der Waals surface area contributed by atoms with Gasteiger partial charge in [-0.2, -0.15) is 0 Å². The minimum Gasteiger partial charge on any atom is -0.493 e. The van der Waals surface area contributed by atoms with E-state index in [1.165, 1.54) is 12.4 Å². The van der Waals surface area contributed by atoms with Crippen LogP contribution in [-0.4, -0.2) is 56.4 Å². The number of benzene rings is 2. The molecule has 0 fully saturated rings. The largest absolute Gasteiger partial charge is 0.493 e. The molecule has 10 heteroatoms. The average Bonchev–Trinajstić information content (AvgIpc) is 3.35. The highest BCUT2D eigenvalue weighted by Gasteiger charge is 2.17. The van der Waals surface area contributed by atoms with Crippen LogP contribution in [0.5, 0.6) is 11.5 Å². The van der Waals surface area contributed by atoms with Crippen LogP contribution in [0.15, 0.2) is 43.0 Å². The summed E-state index contributed by atoms with van der Waals surface area (Å²) < 4.78 is 27.5. The third-order valence-corrected chi connectivity index (χ3v) is 5.90. The summed E-state index contributed by atoms with van der Waals surface area (Å²) in [4.78, 5) is 11.1. The maximum Gasteiger partial charge on any atom is 0.162 e. The second-order valence-corrected chi connectivity index (χ2v) is 8.13. The number of nitrogens with zero attached hydrogens (tertiary/aromatic N) is 6. The van der Waals surface area contributed by atoms with E-state index in [0.717, 1.165) is 43.8 Å². The maximum absolute atomic E-state index is 13.8. The van der Waals surface area contributed by atoms with Crippen molar-refractivity contribution in [3.63, 3.8) is 0 Å². The molecule has 0 amide bonds. The predicted molar refractivity (Wildman–Crippen MR) is 129 cm³/mol. The van der Waals surface area contributed by atoms with Gasteiger partial charge in [0.2, 0.25) is 0 Å². The van der Waals surface area contributed by atoms with E-state index < -0.39 is 5.82 Å². The minimum atomic E-state index is -0.447. The van der Waals surface area contributed by atoms with Crippen LogP contribution >= 0.6 is 0 Å². The first-order valence-electron chi connectivity index (χ1n) is 11.2. The van der Waals surface area contributed by atoms with Crippen LogP contribution in [-0.2, 0) is 13.1 Å². The molecule has 0 unspecified atom stereocenters. The van der Waals surface area contributed by atoms with E-state index in [1.54, 1.807) is 25.6 Å². The summed E-state index contributed by atoms with van der Waals surface area (Å²) in [6.45, 7) is 4.05. The Morgan fingerprint density at radius 3 is 2.94 bits per heavy atom. The Balaban J connectivity index is 1.29. The smallest absolute Gasteiger partial charge is 0.162 e. The fourth-order valence-corrected chi connectivity index (χ4v) is 4.06. The normalized spacial score (nSPS) is 13.3. The molecule has 5 rings (SSSR count). The summed E-state index contributed by atoms with van der Waals surface area (Å²) in [5, 5.41) is 12.1. The van der Waals surface area contributed by atoms with E-state index >= 15 is 0 Å². The third kappa shape index (κ3) is 4.85. The van der Waals surface area contributed by atoms with Crippen LogP contribution in [0, 0.1) is 18.2 Å². The predicted octanol–water partition coefficient (Wildman–Crippen LogP) is 3.38. The van der Waals surface area contributed by atoms with Gasteiger partial charge in [-0.1, -0.05) is 5.92 Å². The van der Waals surface area contributed by atoms with Gasteiger partial charge in [0.15, 0.2) is 11.5 Å². The van der Waals surface area contributed by atoms with Crippen molar-refractivity contribution in [3.05, 3.63) is 60.2 Å². The highest BCUT2D eigenvalue weighted by molar-refractivity contribution is 5.93. The van der Waals surface area contributed by atoms with Crippen molar-refractivity contribution in [2.45, 2.75) is 19.5 Å². The molecule has 9 nitrogen and oxygen atoms in total. The Hall–Kier alpha value is -4.23. The Bertz CT molecular complexity index is 1400. The van der Waals surface area contributed by atoms with Crippen LogP contribution in [0.4, 0.5) is 15.9 Å². The standard InChI is InChI=1S/C25H24FN7O2/c1-3-17-11-18(5-6-20(17)26)30-25-19-12-23(22(34-2)13-21(19)27-15-28-25)35-10-4-7-32-8-9-33-16-29-31-24(33)14-32/h1,5-6,11-13,15-16H,4,7-10,14H2,2H3,(H,27,28,30). The van der Waals surface area contributed by atoms with Crippen molar-refractivity contribution in [3.8, 4) is 23.8 Å². The van der Waals surface area contributed by atoms with Crippen molar-refractivity contribution in [1.82, 2.24) is 29.6 Å². The van der Waals surface area contributed by atoms with Crippen molar-refractivity contribution in [2.24, 2.45) is 0 Å². The third-order valence-electron chi connectivity index (χ3n) is 5.90. The minimum absolute atomic E-state index is 0.174. The zero-order chi connectivity index (χ0) is 24.2. The highest BCUT2D eigenvalue weighted by atomic mass is 19.1. The quantitative estimate of drug-likeness (QED) is 0.308. The fraction of sp³-hybridized carbons (Fsp3) is 0.280. The van der Waals surface area contributed by atoms with Gasteiger partial charge in [-0.05, 0) is 30.7 Å². The van der Waals surface area contributed by atoms with Crippen LogP contribution in [0.1, 0.15) is 17.8 Å². The monoisotopic (exact) mass is 473 g/mol. The van der Waals surface area contributed by atoms with E-state index in [9.17, 15) is 4.39 Å². The summed E-state index contributed by atoms with van der Waals surface area (Å²) in [5.41, 5.74) is 1.48. The van der Waals surface area contributed by atoms with E-state index in [0.29, 0.717) is 35.1 Å². The second kappa shape index (κ2) is 9.95. The van der Waals surface area contributed by atoms with Gasteiger partial charge < -0.3 is 19.4 Å². The topological polar surface area (TPSA) is 90.2 Å². The van der Waals surface area contributed by atoms with Crippen molar-refractivity contribution in [2.75, 3.05) is 32.1 Å². The molecule has 2 aromatic heterocycles. The molecule has 1 aliphatic heterocycles. The Morgan fingerprint density at radius 2 is 2.09 bits per heavy atom. The molecule has 2 aromatic carbocycles. The van der Waals surface area contributed by atoms with Crippen LogP contribution in [0.2, 0.25) is 0 Å². The number of aromatic nitrogens is 5. The second-order valence-electron chi connectivity index (χ2n) is 8.13. The number of anilines is 2. The van der Waals surface area contributed by atoms with Gasteiger partial charge in [-0.15, -0.1) is 16.6 Å². The van der Waals surface area contributed by atoms with Crippen LogP contribution < -0.4 is 14.8 Å². The van der Waals surface area contributed by atoms with Gasteiger partial charge in [-0.25, -0.2) is 14.4 Å². The molecular formula is C25H24FN7O2.